The van der Waals surface area contributed by atoms with E-state index in [4.69, 9.17) is 9.47 Å². The molecule has 4 nitrogen and oxygen atoms in total. The van der Waals surface area contributed by atoms with Crippen LogP contribution in [0.1, 0.15) is 77.0 Å². The number of hydrogen-bond acceptors (Lipinski definition) is 4. The minimum absolute atomic E-state index is 0.0196. The van der Waals surface area contributed by atoms with Crippen molar-refractivity contribution >= 4 is 11.9 Å². The monoisotopic (exact) mass is 294 g/mol. The maximum atomic E-state index is 12.4. The third-order valence-electron chi connectivity index (χ3n) is 5.18. The normalized spacial score (nSPS) is 26.1. The second kappa shape index (κ2) is 6.37. The molecule has 0 heterocycles. The SMILES string of the molecule is O=C(OC1CCCCC1)C1(C(=O)OC2CCCCC2)CC1. The number of rotatable bonds is 4. The molecule has 0 unspecified atom stereocenters. The van der Waals surface area contributed by atoms with Crippen molar-refractivity contribution in [3.05, 3.63) is 0 Å². The first-order valence-corrected chi connectivity index (χ1v) is 8.63. The third-order valence-corrected chi connectivity index (χ3v) is 5.18. The van der Waals surface area contributed by atoms with Crippen LogP contribution in [-0.4, -0.2) is 24.1 Å². The lowest BCUT2D eigenvalue weighted by molar-refractivity contribution is -0.172. The maximum absolute atomic E-state index is 12.4. The van der Waals surface area contributed by atoms with Crippen LogP contribution in [0.4, 0.5) is 0 Å². The predicted octanol–water partition coefficient (Wildman–Crippen LogP) is 3.52. The van der Waals surface area contributed by atoms with Gasteiger partial charge in [0, 0.05) is 0 Å². The number of carbonyl (C=O) groups is 2. The summed E-state index contributed by atoms with van der Waals surface area (Å²) in [6.45, 7) is 0. The molecule has 4 heteroatoms. The molecule has 21 heavy (non-hydrogen) atoms. The largest absolute Gasteiger partial charge is 0.462 e. The van der Waals surface area contributed by atoms with Crippen molar-refractivity contribution in [3.8, 4) is 0 Å². The van der Waals surface area contributed by atoms with Crippen molar-refractivity contribution in [2.75, 3.05) is 0 Å². The minimum Gasteiger partial charge on any atom is -0.462 e. The first-order chi connectivity index (χ1) is 10.2. The number of hydrogen-bond donors (Lipinski definition) is 0. The Hall–Kier alpha value is -1.06. The lowest BCUT2D eigenvalue weighted by Gasteiger charge is -2.26. The summed E-state index contributed by atoms with van der Waals surface area (Å²) in [5.41, 5.74) is -0.950. The zero-order valence-corrected chi connectivity index (χ0v) is 12.8. The summed E-state index contributed by atoms with van der Waals surface area (Å²) >= 11 is 0. The van der Waals surface area contributed by atoms with Gasteiger partial charge in [-0.25, -0.2) is 0 Å². The standard InChI is InChI=1S/C17H26O4/c18-15(20-13-7-3-1-4-8-13)17(11-12-17)16(19)21-14-9-5-2-6-10-14/h13-14H,1-12H2. The van der Waals surface area contributed by atoms with Crippen molar-refractivity contribution in [2.45, 2.75) is 89.3 Å². The molecule has 3 rings (SSSR count). The average Bonchev–Trinajstić information content (AvgIpc) is 3.31. The van der Waals surface area contributed by atoms with E-state index in [2.05, 4.69) is 0 Å². The van der Waals surface area contributed by atoms with E-state index in [0.717, 1.165) is 51.4 Å². The van der Waals surface area contributed by atoms with Crippen LogP contribution < -0.4 is 0 Å². The van der Waals surface area contributed by atoms with Crippen LogP contribution in [0.5, 0.6) is 0 Å². The lowest BCUT2D eigenvalue weighted by atomic mass is 9.97. The van der Waals surface area contributed by atoms with Gasteiger partial charge in [-0.1, -0.05) is 12.8 Å². The molecule has 118 valence electrons. The molecule has 3 aliphatic carbocycles. The zero-order chi connectivity index (χ0) is 14.7. The smallest absolute Gasteiger partial charge is 0.323 e. The number of carbonyl (C=O) groups excluding carboxylic acids is 2. The van der Waals surface area contributed by atoms with E-state index < -0.39 is 5.41 Å². The highest BCUT2D eigenvalue weighted by Gasteiger charge is 2.60. The molecule has 0 N–H and O–H groups in total. The van der Waals surface area contributed by atoms with Gasteiger partial charge in [0.05, 0.1) is 0 Å². The molecule has 0 saturated heterocycles. The summed E-state index contributed by atoms with van der Waals surface area (Å²) in [6.07, 6.45) is 12.0. The minimum atomic E-state index is -0.950. The van der Waals surface area contributed by atoms with Crippen LogP contribution >= 0.6 is 0 Å². The molecule has 0 spiro atoms. The molecule has 0 amide bonds. The highest BCUT2D eigenvalue weighted by Crippen LogP contribution is 2.49. The van der Waals surface area contributed by atoms with Gasteiger partial charge in [-0.3, -0.25) is 9.59 Å². The zero-order valence-electron chi connectivity index (χ0n) is 12.8. The summed E-state index contributed by atoms with van der Waals surface area (Å²) in [6, 6.07) is 0. The fraction of sp³-hybridized carbons (Fsp3) is 0.882. The molecule has 0 radical (unpaired) electrons. The first kappa shape index (κ1) is 14.9. The molecular weight excluding hydrogens is 268 g/mol. The second-order valence-electron chi connectivity index (χ2n) is 6.91. The van der Waals surface area contributed by atoms with Crippen LogP contribution in [0.25, 0.3) is 0 Å². The second-order valence-corrected chi connectivity index (χ2v) is 6.91. The number of ether oxygens (including phenoxy) is 2. The maximum Gasteiger partial charge on any atom is 0.323 e. The lowest BCUT2D eigenvalue weighted by Crippen LogP contribution is -2.35. The molecule has 3 aliphatic rings. The van der Waals surface area contributed by atoms with Crippen molar-refractivity contribution in [3.63, 3.8) is 0 Å². The quantitative estimate of drug-likeness (QED) is 0.588. The molecule has 0 aromatic carbocycles. The molecule has 0 aromatic rings. The van der Waals surface area contributed by atoms with Gasteiger partial charge in [0.15, 0.2) is 5.41 Å². The summed E-state index contributed by atoms with van der Waals surface area (Å²) in [4.78, 5) is 24.7. The van der Waals surface area contributed by atoms with Gasteiger partial charge in [0.1, 0.15) is 12.2 Å². The van der Waals surface area contributed by atoms with Gasteiger partial charge >= 0.3 is 11.9 Å². The Morgan fingerprint density at radius 1 is 0.667 bits per heavy atom. The van der Waals surface area contributed by atoms with E-state index >= 15 is 0 Å². The van der Waals surface area contributed by atoms with E-state index in [9.17, 15) is 9.59 Å². The van der Waals surface area contributed by atoms with E-state index in [1.54, 1.807) is 0 Å². The Morgan fingerprint density at radius 2 is 1.05 bits per heavy atom. The van der Waals surface area contributed by atoms with Crippen molar-refractivity contribution in [1.82, 2.24) is 0 Å². The van der Waals surface area contributed by atoms with Gasteiger partial charge in [-0.05, 0) is 64.2 Å². The Labute approximate surface area is 126 Å². The molecule has 0 aromatic heterocycles. The molecule has 3 fully saturated rings. The van der Waals surface area contributed by atoms with Crippen LogP contribution in [0.2, 0.25) is 0 Å². The van der Waals surface area contributed by atoms with Gasteiger partial charge < -0.3 is 9.47 Å². The van der Waals surface area contributed by atoms with E-state index in [-0.39, 0.29) is 24.1 Å². The van der Waals surface area contributed by atoms with E-state index in [1.165, 1.54) is 12.8 Å². The van der Waals surface area contributed by atoms with Gasteiger partial charge in [0.2, 0.25) is 0 Å². The highest BCUT2D eigenvalue weighted by atomic mass is 16.6. The predicted molar refractivity (Wildman–Crippen MR) is 77.6 cm³/mol. The fourth-order valence-electron chi connectivity index (χ4n) is 3.51. The highest BCUT2D eigenvalue weighted by molar-refractivity contribution is 6.03. The van der Waals surface area contributed by atoms with E-state index in [0.29, 0.717) is 12.8 Å². The first-order valence-electron chi connectivity index (χ1n) is 8.63. The fourth-order valence-corrected chi connectivity index (χ4v) is 3.51. The summed E-state index contributed by atoms with van der Waals surface area (Å²) in [5, 5.41) is 0. The van der Waals surface area contributed by atoms with E-state index in [1.807, 2.05) is 0 Å². The van der Waals surface area contributed by atoms with Gasteiger partial charge in [-0.15, -0.1) is 0 Å². The van der Waals surface area contributed by atoms with Crippen molar-refractivity contribution < 1.29 is 19.1 Å². The molecule has 0 aliphatic heterocycles. The number of esters is 2. The van der Waals surface area contributed by atoms with Crippen LogP contribution in [-0.2, 0) is 19.1 Å². The van der Waals surface area contributed by atoms with Crippen LogP contribution in [0, 0.1) is 5.41 Å². The molecule has 0 bridgehead atoms. The third kappa shape index (κ3) is 3.41. The Kier molecular flexibility index (Phi) is 4.51. The van der Waals surface area contributed by atoms with Gasteiger partial charge in [0.25, 0.3) is 0 Å². The molecular formula is C17H26O4. The van der Waals surface area contributed by atoms with Crippen molar-refractivity contribution in [1.29, 1.82) is 0 Å². The molecule has 0 atom stereocenters. The average molecular weight is 294 g/mol. The topological polar surface area (TPSA) is 52.6 Å². The summed E-state index contributed by atoms with van der Waals surface area (Å²) in [5.74, 6) is -0.648. The Morgan fingerprint density at radius 3 is 1.38 bits per heavy atom. The van der Waals surface area contributed by atoms with Crippen LogP contribution in [0.3, 0.4) is 0 Å². The van der Waals surface area contributed by atoms with Crippen molar-refractivity contribution in [2.24, 2.45) is 5.41 Å². The van der Waals surface area contributed by atoms with Gasteiger partial charge in [-0.2, -0.15) is 0 Å². The Bertz CT molecular complexity index is 354. The summed E-state index contributed by atoms with van der Waals surface area (Å²) < 4.78 is 11.2. The summed E-state index contributed by atoms with van der Waals surface area (Å²) in [7, 11) is 0. The molecule has 3 saturated carbocycles. The Balaban J connectivity index is 1.52. The van der Waals surface area contributed by atoms with Crippen LogP contribution in [0.15, 0.2) is 0 Å².